The van der Waals surface area contributed by atoms with Gasteiger partial charge >= 0.3 is 0 Å². The Kier molecular flexibility index (Phi) is 8.89. The van der Waals surface area contributed by atoms with E-state index in [0.29, 0.717) is 6.04 Å². The second-order valence-electron chi connectivity index (χ2n) is 7.06. The lowest BCUT2D eigenvalue weighted by Gasteiger charge is -2.27. The van der Waals surface area contributed by atoms with Crippen LogP contribution >= 0.6 is 0 Å². The molecule has 0 radical (unpaired) electrons. The van der Waals surface area contributed by atoms with Crippen LogP contribution in [0.15, 0.2) is 0 Å². The van der Waals surface area contributed by atoms with E-state index in [1.54, 1.807) is 0 Å². The quantitative estimate of drug-likeness (QED) is 0.629. The van der Waals surface area contributed by atoms with Crippen molar-refractivity contribution in [1.82, 2.24) is 10.2 Å². The van der Waals surface area contributed by atoms with Crippen molar-refractivity contribution in [3.8, 4) is 0 Å². The van der Waals surface area contributed by atoms with Crippen molar-refractivity contribution in [1.29, 1.82) is 0 Å². The molecule has 1 unspecified atom stereocenters. The van der Waals surface area contributed by atoms with Gasteiger partial charge in [-0.2, -0.15) is 0 Å². The van der Waals surface area contributed by atoms with Crippen molar-refractivity contribution in [2.45, 2.75) is 78.8 Å². The summed E-state index contributed by atoms with van der Waals surface area (Å²) < 4.78 is 0. The third-order valence-electron chi connectivity index (χ3n) is 3.75. The van der Waals surface area contributed by atoms with Crippen LogP contribution in [0.5, 0.6) is 0 Å². The number of rotatable bonds is 9. The largest absolute Gasteiger partial charge is 0.312 e. The Labute approximate surface area is 116 Å². The fourth-order valence-electron chi connectivity index (χ4n) is 2.02. The normalized spacial score (nSPS) is 14.5. The first-order valence-electron chi connectivity index (χ1n) is 7.69. The highest BCUT2D eigenvalue weighted by atomic mass is 15.1. The van der Waals surface area contributed by atoms with E-state index in [0.717, 1.165) is 12.5 Å². The van der Waals surface area contributed by atoms with Crippen molar-refractivity contribution in [2.75, 3.05) is 20.1 Å². The lowest BCUT2D eigenvalue weighted by Crippen LogP contribution is -2.36. The van der Waals surface area contributed by atoms with Crippen molar-refractivity contribution >= 4 is 0 Å². The summed E-state index contributed by atoms with van der Waals surface area (Å²) in [5.74, 6) is 0.756. The summed E-state index contributed by atoms with van der Waals surface area (Å²) in [6.07, 6.45) is 5.36. The Morgan fingerprint density at radius 2 is 1.50 bits per heavy atom. The minimum Gasteiger partial charge on any atom is -0.312 e. The van der Waals surface area contributed by atoms with Crippen LogP contribution in [-0.2, 0) is 0 Å². The molecule has 0 aromatic rings. The molecule has 0 aliphatic carbocycles. The smallest absolute Gasteiger partial charge is 0.00965 e. The van der Waals surface area contributed by atoms with Gasteiger partial charge in [0.15, 0.2) is 0 Å². The zero-order valence-electron chi connectivity index (χ0n) is 13.8. The molecule has 0 bridgehead atoms. The van der Waals surface area contributed by atoms with Crippen molar-refractivity contribution in [2.24, 2.45) is 5.92 Å². The average molecular weight is 256 g/mol. The average Bonchev–Trinajstić information content (AvgIpc) is 2.24. The lowest BCUT2D eigenvalue weighted by atomic mass is 10.0. The Bertz CT molecular complexity index is 194. The second kappa shape index (κ2) is 8.92. The standard InChI is InChI=1S/C16H36N2/c1-14(2)15(3)18(7)13-11-9-8-10-12-17-16(4,5)6/h14-15,17H,8-13H2,1-7H3. The van der Waals surface area contributed by atoms with Crippen LogP contribution in [0.25, 0.3) is 0 Å². The Balaban J connectivity index is 3.41. The van der Waals surface area contributed by atoms with Gasteiger partial charge in [-0.05, 0) is 66.6 Å². The van der Waals surface area contributed by atoms with Gasteiger partial charge in [-0.15, -0.1) is 0 Å². The predicted octanol–water partition coefficient (Wildman–Crippen LogP) is 3.91. The van der Waals surface area contributed by atoms with Crippen molar-refractivity contribution < 1.29 is 0 Å². The Morgan fingerprint density at radius 3 is 2.00 bits per heavy atom. The maximum absolute atomic E-state index is 3.54. The first-order valence-corrected chi connectivity index (χ1v) is 7.69. The summed E-state index contributed by atoms with van der Waals surface area (Å²) in [6, 6.07) is 0.701. The van der Waals surface area contributed by atoms with Gasteiger partial charge in [-0.25, -0.2) is 0 Å². The van der Waals surface area contributed by atoms with E-state index in [1.807, 2.05) is 0 Å². The van der Waals surface area contributed by atoms with Gasteiger partial charge in [0, 0.05) is 11.6 Å². The van der Waals surface area contributed by atoms with E-state index < -0.39 is 0 Å². The molecule has 0 heterocycles. The zero-order chi connectivity index (χ0) is 14.2. The lowest BCUT2D eigenvalue weighted by molar-refractivity contribution is 0.204. The van der Waals surface area contributed by atoms with E-state index >= 15 is 0 Å². The monoisotopic (exact) mass is 256 g/mol. The fraction of sp³-hybridized carbons (Fsp3) is 1.00. The molecule has 0 aromatic carbocycles. The third-order valence-corrected chi connectivity index (χ3v) is 3.75. The maximum Gasteiger partial charge on any atom is 0.00965 e. The highest BCUT2D eigenvalue weighted by Crippen LogP contribution is 2.10. The van der Waals surface area contributed by atoms with Crippen molar-refractivity contribution in [3.05, 3.63) is 0 Å². The summed E-state index contributed by atoms with van der Waals surface area (Å²) in [5, 5.41) is 3.54. The number of hydrogen-bond acceptors (Lipinski definition) is 2. The molecule has 0 spiro atoms. The van der Waals surface area contributed by atoms with Gasteiger partial charge < -0.3 is 10.2 Å². The molecule has 18 heavy (non-hydrogen) atoms. The molecule has 1 N–H and O–H groups in total. The van der Waals surface area contributed by atoms with Gasteiger partial charge in [0.2, 0.25) is 0 Å². The predicted molar refractivity (Wildman–Crippen MR) is 83.2 cm³/mol. The first kappa shape index (κ1) is 17.9. The summed E-state index contributed by atoms with van der Waals surface area (Å²) in [6.45, 7) is 16.0. The van der Waals surface area contributed by atoms with Crippen LogP contribution in [-0.4, -0.2) is 36.6 Å². The first-order chi connectivity index (χ1) is 8.24. The molecule has 0 rings (SSSR count). The molecule has 0 fully saturated rings. The fourth-order valence-corrected chi connectivity index (χ4v) is 2.02. The number of unbranched alkanes of at least 4 members (excludes halogenated alkanes) is 3. The summed E-state index contributed by atoms with van der Waals surface area (Å²) >= 11 is 0. The highest BCUT2D eigenvalue weighted by molar-refractivity contribution is 4.70. The molecule has 0 aliphatic heterocycles. The number of nitrogens with one attached hydrogen (secondary N) is 1. The third kappa shape index (κ3) is 9.90. The molecule has 2 nitrogen and oxygen atoms in total. The SMILES string of the molecule is CC(C)C(C)N(C)CCCCCCNC(C)(C)C. The van der Waals surface area contributed by atoms with Crippen LogP contribution in [0.4, 0.5) is 0 Å². The number of nitrogens with zero attached hydrogens (tertiary/aromatic N) is 1. The van der Waals surface area contributed by atoms with Gasteiger partial charge in [0.1, 0.15) is 0 Å². The van der Waals surface area contributed by atoms with E-state index in [-0.39, 0.29) is 5.54 Å². The maximum atomic E-state index is 3.54. The molecule has 1 atom stereocenters. The molecule has 0 saturated carbocycles. The Hall–Kier alpha value is -0.0800. The van der Waals surface area contributed by atoms with Crippen LogP contribution in [0.2, 0.25) is 0 Å². The van der Waals surface area contributed by atoms with Gasteiger partial charge in [0.05, 0.1) is 0 Å². The Morgan fingerprint density at radius 1 is 0.944 bits per heavy atom. The molecule has 2 heteroatoms. The van der Waals surface area contributed by atoms with Crippen LogP contribution < -0.4 is 5.32 Å². The minimum absolute atomic E-state index is 0.271. The highest BCUT2D eigenvalue weighted by Gasteiger charge is 2.12. The van der Waals surface area contributed by atoms with E-state index in [9.17, 15) is 0 Å². The minimum atomic E-state index is 0.271. The summed E-state index contributed by atoms with van der Waals surface area (Å²) in [7, 11) is 2.26. The molecule has 0 aromatic heterocycles. The number of hydrogen-bond donors (Lipinski definition) is 1. The molecule has 0 amide bonds. The van der Waals surface area contributed by atoms with Crippen molar-refractivity contribution in [3.63, 3.8) is 0 Å². The molecular formula is C16H36N2. The molecular weight excluding hydrogens is 220 g/mol. The van der Waals surface area contributed by atoms with Gasteiger partial charge in [-0.3, -0.25) is 0 Å². The molecule has 0 aliphatic rings. The molecule has 110 valence electrons. The van der Waals surface area contributed by atoms with Crippen LogP contribution in [0.3, 0.4) is 0 Å². The molecule has 0 saturated heterocycles. The second-order valence-corrected chi connectivity index (χ2v) is 7.06. The summed E-state index contributed by atoms with van der Waals surface area (Å²) in [5.41, 5.74) is 0.271. The van der Waals surface area contributed by atoms with Gasteiger partial charge in [0.25, 0.3) is 0 Å². The van der Waals surface area contributed by atoms with Gasteiger partial charge in [-0.1, -0.05) is 26.7 Å². The van der Waals surface area contributed by atoms with Crippen LogP contribution in [0, 0.1) is 5.92 Å². The summed E-state index contributed by atoms with van der Waals surface area (Å²) in [4.78, 5) is 2.50. The van der Waals surface area contributed by atoms with Crippen LogP contribution in [0.1, 0.15) is 67.2 Å². The van der Waals surface area contributed by atoms with E-state index in [4.69, 9.17) is 0 Å². The zero-order valence-corrected chi connectivity index (χ0v) is 13.8. The van der Waals surface area contributed by atoms with E-state index in [1.165, 1.54) is 32.2 Å². The van der Waals surface area contributed by atoms with E-state index in [2.05, 4.69) is 58.8 Å². The topological polar surface area (TPSA) is 15.3 Å².